The smallest absolute Gasteiger partial charge is 0.150 e. The summed E-state index contributed by atoms with van der Waals surface area (Å²) in [5, 5.41) is 9.46. The molecule has 1 aliphatic heterocycles. The van der Waals surface area contributed by atoms with Crippen molar-refractivity contribution in [3.05, 3.63) is 34.1 Å². The van der Waals surface area contributed by atoms with Gasteiger partial charge in [0.25, 0.3) is 0 Å². The summed E-state index contributed by atoms with van der Waals surface area (Å²) in [6.45, 7) is -0.0464. The lowest BCUT2D eigenvalue weighted by molar-refractivity contribution is 0.184. The van der Waals surface area contributed by atoms with Crippen LogP contribution in [0.15, 0.2) is 22.7 Å². The zero-order chi connectivity index (χ0) is 14.0. The number of benzene rings is 1. The lowest BCUT2D eigenvalue weighted by atomic mass is 9.87. The summed E-state index contributed by atoms with van der Waals surface area (Å²) >= 11 is 3.13. The zero-order valence-electron chi connectivity index (χ0n) is 10.4. The van der Waals surface area contributed by atoms with Crippen LogP contribution in [0.2, 0.25) is 0 Å². The summed E-state index contributed by atoms with van der Waals surface area (Å²) in [4.78, 5) is 0. The molecule has 1 aliphatic rings. The number of sulfone groups is 1. The molecule has 1 fully saturated rings. The normalized spacial score (nSPS) is 23.4. The third kappa shape index (κ3) is 3.77. The predicted octanol–water partition coefficient (Wildman–Crippen LogP) is 2.17. The van der Waals surface area contributed by atoms with E-state index in [9.17, 15) is 17.9 Å². The molecule has 0 aliphatic carbocycles. The van der Waals surface area contributed by atoms with E-state index in [1.807, 2.05) is 0 Å². The van der Waals surface area contributed by atoms with Crippen molar-refractivity contribution in [2.75, 3.05) is 18.1 Å². The van der Waals surface area contributed by atoms with E-state index in [2.05, 4.69) is 15.9 Å². The van der Waals surface area contributed by atoms with Gasteiger partial charge in [-0.1, -0.05) is 6.07 Å². The van der Waals surface area contributed by atoms with E-state index in [4.69, 9.17) is 0 Å². The minimum Gasteiger partial charge on any atom is -0.396 e. The van der Waals surface area contributed by atoms with Crippen LogP contribution in [-0.2, 0) is 16.3 Å². The molecule has 3 nitrogen and oxygen atoms in total. The van der Waals surface area contributed by atoms with Crippen LogP contribution in [0.25, 0.3) is 0 Å². The van der Waals surface area contributed by atoms with Crippen LogP contribution in [0.1, 0.15) is 12.0 Å². The molecule has 0 aromatic heterocycles. The number of aliphatic hydroxyl groups excluding tert-OH is 1. The molecule has 0 bridgehead atoms. The van der Waals surface area contributed by atoms with Crippen molar-refractivity contribution in [1.29, 1.82) is 0 Å². The van der Waals surface area contributed by atoms with Gasteiger partial charge in [0.05, 0.1) is 16.0 Å². The van der Waals surface area contributed by atoms with E-state index in [0.29, 0.717) is 17.3 Å². The van der Waals surface area contributed by atoms with Crippen molar-refractivity contribution in [1.82, 2.24) is 0 Å². The Bertz CT molecular complexity index is 559. The maximum absolute atomic E-state index is 13.1. The first-order valence-electron chi connectivity index (χ1n) is 6.16. The quantitative estimate of drug-likeness (QED) is 0.905. The number of aliphatic hydroxyl groups is 1. The molecule has 1 heterocycles. The van der Waals surface area contributed by atoms with Crippen LogP contribution < -0.4 is 0 Å². The van der Waals surface area contributed by atoms with Crippen LogP contribution in [0.3, 0.4) is 0 Å². The first-order valence-corrected chi connectivity index (χ1v) is 8.78. The Morgan fingerprint density at radius 2 is 2.21 bits per heavy atom. The third-order valence-corrected chi connectivity index (χ3v) is 6.05. The predicted molar refractivity (Wildman–Crippen MR) is 75.1 cm³/mol. The van der Waals surface area contributed by atoms with Crippen molar-refractivity contribution in [3.63, 3.8) is 0 Å². The Kier molecular flexibility index (Phi) is 4.63. The Balaban J connectivity index is 2.09. The lowest BCUT2D eigenvalue weighted by Crippen LogP contribution is -2.22. The van der Waals surface area contributed by atoms with Gasteiger partial charge in [-0.05, 0) is 58.3 Å². The molecule has 0 saturated carbocycles. The minimum absolute atomic E-state index is 0.00108. The Labute approximate surface area is 120 Å². The fourth-order valence-corrected chi connectivity index (χ4v) is 4.89. The van der Waals surface area contributed by atoms with Gasteiger partial charge in [0.1, 0.15) is 5.82 Å². The van der Waals surface area contributed by atoms with Gasteiger partial charge in [0, 0.05) is 6.61 Å². The molecule has 6 heteroatoms. The largest absolute Gasteiger partial charge is 0.396 e. The topological polar surface area (TPSA) is 54.4 Å². The van der Waals surface area contributed by atoms with Gasteiger partial charge in [-0.2, -0.15) is 0 Å². The highest BCUT2D eigenvalue weighted by atomic mass is 79.9. The molecule has 1 aromatic carbocycles. The van der Waals surface area contributed by atoms with Crippen molar-refractivity contribution in [3.8, 4) is 0 Å². The number of hydrogen-bond acceptors (Lipinski definition) is 3. The van der Waals surface area contributed by atoms with Crippen molar-refractivity contribution in [2.24, 2.45) is 11.8 Å². The second kappa shape index (κ2) is 5.89. The van der Waals surface area contributed by atoms with Crippen LogP contribution in [-0.4, -0.2) is 31.6 Å². The maximum Gasteiger partial charge on any atom is 0.150 e. The van der Waals surface area contributed by atoms with E-state index in [1.54, 1.807) is 12.1 Å². The van der Waals surface area contributed by atoms with Gasteiger partial charge in [0.2, 0.25) is 0 Å². The van der Waals surface area contributed by atoms with Gasteiger partial charge >= 0.3 is 0 Å². The molecule has 1 aromatic rings. The Morgan fingerprint density at radius 3 is 2.74 bits per heavy atom. The lowest BCUT2D eigenvalue weighted by Gasteiger charge is -2.20. The fraction of sp³-hybridized carbons (Fsp3) is 0.538. The van der Waals surface area contributed by atoms with Gasteiger partial charge in [0.15, 0.2) is 9.84 Å². The molecule has 2 rings (SSSR count). The standard InChI is InChI=1S/C13H16BrFO3S/c14-12-6-9(1-2-13(12)15)5-11(7-16)10-3-4-19(17,18)8-10/h1-2,6,10-11,16H,3-5,7-8H2. The average molecular weight is 351 g/mol. The summed E-state index contributed by atoms with van der Waals surface area (Å²) in [5.74, 6) is -0.0526. The molecule has 106 valence electrons. The van der Waals surface area contributed by atoms with Crippen LogP contribution in [0.4, 0.5) is 4.39 Å². The molecule has 2 unspecified atom stereocenters. The molecule has 0 spiro atoms. The van der Waals surface area contributed by atoms with Gasteiger partial charge in [-0.25, -0.2) is 12.8 Å². The average Bonchev–Trinajstić information content (AvgIpc) is 2.71. The van der Waals surface area contributed by atoms with Crippen LogP contribution >= 0.6 is 15.9 Å². The molecule has 0 radical (unpaired) electrons. The minimum atomic E-state index is -2.94. The number of hydrogen-bond donors (Lipinski definition) is 1. The van der Waals surface area contributed by atoms with E-state index < -0.39 is 9.84 Å². The van der Waals surface area contributed by atoms with Gasteiger partial charge in [-0.3, -0.25) is 0 Å². The second-order valence-electron chi connectivity index (χ2n) is 5.06. The highest BCUT2D eigenvalue weighted by molar-refractivity contribution is 9.10. The summed E-state index contributed by atoms with van der Waals surface area (Å²) in [6.07, 6.45) is 1.17. The van der Waals surface area contributed by atoms with E-state index >= 15 is 0 Å². The molecule has 1 N–H and O–H groups in total. The number of rotatable bonds is 4. The second-order valence-corrected chi connectivity index (χ2v) is 8.14. The highest BCUT2D eigenvalue weighted by Gasteiger charge is 2.33. The molecule has 1 saturated heterocycles. The molecular formula is C13H16BrFO3S. The summed E-state index contributed by atoms with van der Waals surface area (Å²) in [5.41, 5.74) is 0.900. The van der Waals surface area contributed by atoms with Crippen molar-refractivity contribution < 1.29 is 17.9 Å². The first kappa shape index (κ1) is 14.9. The van der Waals surface area contributed by atoms with Crippen molar-refractivity contribution in [2.45, 2.75) is 12.8 Å². The van der Waals surface area contributed by atoms with E-state index in [-0.39, 0.29) is 35.8 Å². The van der Waals surface area contributed by atoms with Crippen LogP contribution in [0, 0.1) is 17.7 Å². The summed E-state index contributed by atoms with van der Waals surface area (Å²) < 4.78 is 36.5. The summed E-state index contributed by atoms with van der Waals surface area (Å²) in [7, 11) is -2.94. The molecule has 0 amide bonds. The Morgan fingerprint density at radius 1 is 1.47 bits per heavy atom. The van der Waals surface area contributed by atoms with Crippen LogP contribution in [0.5, 0.6) is 0 Å². The number of halogens is 2. The first-order chi connectivity index (χ1) is 8.91. The maximum atomic E-state index is 13.1. The Hall–Kier alpha value is -0.460. The van der Waals surface area contributed by atoms with E-state index in [0.717, 1.165) is 5.56 Å². The monoisotopic (exact) mass is 350 g/mol. The molecular weight excluding hydrogens is 335 g/mol. The summed E-state index contributed by atoms with van der Waals surface area (Å²) in [6, 6.07) is 4.73. The van der Waals surface area contributed by atoms with E-state index in [1.165, 1.54) is 6.07 Å². The van der Waals surface area contributed by atoms with Gasteiger partial charge < -0.3 is 5.11 Å². The van der Waals surface area contributed by atoms with Crippen molar-refractivity contribution >= 4 is 25.8 Å². The fourth-order valence-electron chi connectivity index (χ4n) is 2.55. The molecule has 2 atom stereocenters. The zero-order valence-corrected chi connectivity index (χ0v) is 12.8. The molecule has 19 heavy (non-hydrogen) atoms. The SMILES string of the molecule is O=S1(=O)CCC(C(CO)Cc2ccc(F)c(Br)c2)C1. The third-order valence-electron chi connectivity index (χ3n) is 3.65. The van der Waals surface area contributed by atoms with Gasteiger partial charge in [-0.15, -0.1) is 0 Å². The highest BCUT2D eigenvalue weighted by Crippen LogP contribution is 2.29.